The van der Waals surface area contributed by atoms with Gasteiger partial charge in [0.15, 0.2) is 5.79 Å². The number of methoxy groups -OCH3 is 2. The van der Waals surface area contributed by atoms with E-state index in [0.29, 0.717) is 24.5 Å². The topological polar surface area (TPSA) is 122 Å². The Bertz CT molecular complexity index is 684. The standard InChI is InChI=1S/C15H19N3O7/c1-15(24-4-5-25-15)8-14(19)17-16-9-10-6-11(18(20)21)13(23-3)7-12(10)22-2/h6-7,9H,4-5,8H2,1-3H3,(H,17,19)/b16-9-. The highest BCUT2D eigenvalue weighted by atomic mass is 16.7. The van der Waals surface area contributed by atoms with Crippen molar-refractivity contribution in [1.82, 2.24) is 5.43 Å². The number of carbonyl (C=O) groups excluding carboxylic acids is 1. The predicted molar refractivity (Wildman–Crippen MR) is 86.9 cm³/mol. The van der Waals surface area contributed by atoms with Crippen LogP contribution in [0.1, 0.15) is 18.9 Å². The third-order valence-electron chi connectivity index (χ3n) is 3.50. The fourth-order valence-corrected chi connectivity index (χ4v) is 2.31. The normalized spacial score (nSPS) is 16.0. The number of nitrogens with one attached hydrogen (secondary N) is 1. The van der Waals surface area contributed by atoms with Crippen molar-refractivity contribution >= 4 is 17.8 Å². The minimum atomic E-state index is -0.962. The number of carbonyl (C=O) groups is 1. The first-order valence-corrected chi connectivity index (χ1v) is 7.39. The lowest BCUT2D eigenvalue weighted by Gasteiger charge is -2.20. The summed E-state index contributed by atoms with van der Waals surface area (Å²) in [5, 5.41) is 14.9. The number of benzene rings is 1. The molecule has 136 valence electrons. The van der Waals surface area contributed by atoms with Crippen LogP contribution >= 0.6 is 0 Å². The van der Waals surface area contributed by atoms with Gasteiger partial charge in [0.2, 0.25) is 11.7 Å². The molecular weight excluding hydrogens is 334 g/mol. The summed E-state index contributed by atoms with van der Waals surface area (Å²) in [6, 6.07) is 2.63. The van der Waals surface area contributed by atoms with E-state index in [4.69, 9.17) is 18.9 Å². The molecule has 1 fully saturated rings. The number of amides is 1. The average Bonchev–Trinajstić information content (AvgIpc) is 3.00. The lowest BCUT2D eigenvalue weighted by atomic mass is 10.1. The van der Waals surface area contributed by atoms with Crippen LogP contribution in [0.3, 0.4) is 0 Å². The second kappa shape index (κ2) is 7.90. The Hall–Kier alpha value is -2.72. The van der Waals surface area contributed by atoms with E-state index in [-0.39, 0.29) is 17.9 Å². The third kappa shape index (κ3) is 4.64. The molecule has 1 heterocycles. The number of ether oxygens (including phenoxy) is 4. The summed E-state index contributed by atoms with van der Waals surface area (Å²) in [7, 11) is 2.73. The van der Waals surface area contributed by atoms with Gasteiger partial charge in [0, 0.05) is 17.7 Å². The monoisotopic (exact) mass is 353 g/mol. The van der Waals surface area contributed by atoms with Crippen LogP contribution in [0.15, 0.2) is 17.2 Å². The lowest BCUT2D eigenvalue weighted by Crippen LogP contribution is -2.33. The van der Waals surface area contributed by atoms with E-state index < -0.39 is 16.6 Å². The zero-order valence-electron chi connectivity index (χ0n) is 14.1. The molecule has 10 nitrogen and oxygen atoms in total. The lowest BCUT2D eigenvalue weighted by molar-refractivity contribution is -0.385. The maximum Gasteiger partial charge on any atom is 0.311 e. The van der Waals surface area contributed by atoms with Crippen LogP contribution in [0.4, 0.5) is 5.69 Å². The van der Waals surface area contributed by atoms with Gasteiger partial charge in [-0.05, 0) is 6.92 Å². The molecule has 0 bridgehead atoms. The SMILES string of the molecule is COc1cc(OC)c([N+](=O)[O-])cc1/C=N\NC(=O)CC1(C)OCCO1. The average molecular weight is 353 g/mol. The Morgan fingerprint density at radius 3 is 2.56 bits per heavy atom. The molecule has 1 N–H and O–H groups in total. The molecule has 1 aliphatic heterocycles. The van der Waals surface area contributed by atoms with Crippen LogP contribution < -0.4 is 14.9 Å². The molecule has 1 amide bonds. The van der Waals surface area contributed by atoms with E-state index in [0.717, 1.165) is 0 Å². The summed E-state index contributed by atoms with van der Waals surface area (Å²) in [6.07, 6.45) is 1.23. The third-order valence-corrected chi connectivity index (χ3v) is 3.50. The zero-order valence-corrected chi connectivity index (χ0v) is 14.1. The summed E-state index contributed by atoms with van der Waals surface area (Å²) >= 11 is 0. The van der Waals surface area contributed by atoms with Crippen LogP contribution in [-0.4, -0.2) is 50.3 Å². The van der Waals surface area contributed by atoms with Crippen molar-refractivity contribution in [2.45, 2.75) is 19.1 Å². The summed E-state index contributed by atoms with van der Waals surface area (Å²) in [6.45, 7) is 2.53. The summed E-state index contributed by atoms with van der Waals surface area (Å²) in [5.74, 6) is -1.00. The van der Waals surface area contributed by atoms with Gasteiger partial charge in [-0.25, -0.2) is 5.43 Å². The van der Waals surface area contributed by atoms with E-state index in [9.17, 15) is 14.9 Å². The maximum absolute atomic E-state index is 11.9. The minimum absolute atomic E-state index is 0.0236. The van der Waals surface area contributed by atoms with Crippen molar-refractivity contribution in [2.75, 3.05) is 27.4 Å². The molecule has 1 saturated heterocycles. The number of nitro groups is 1. The van der Waals surface area contributed by atoms with E-state index in [1.807, 2.05) is 0 Å². The van der Waals surface area contributed by atoms with Crippen LogP contribution in [0, 0.1) is 10.1 Å². The fraction of sp³-hybridized carbons (Fsp3) is 0.467. The van der Waals surface area contributed by atoms with Gasteiger partial charge in [-0.1, -0.05) is 0 Å². The van der Waals surface area contributed by atoms with E-state index >= 15 is 0 Å². The highest BCUT2D eigenvalue weighted by Crippen LogP contribution is 2.33. The van der Waals surface area contributed by atoms with Gasteiger partial charge in [-0.3, -0.25) is 14.9 Å². The highest BCUT2D eigenvalue weighted by Gasteiger charge is 2.33. The molecule has 0 aromatic heterocycles. The molecule has 0 saturated carbocycles. The Balaban J connectivity index is 2.10. The summed E-state index contributed by atoms with van der Waals surface area (Å²) < 4.78 is 20.8. The second-order valence-electron chi connectivity index (χ2n) is 5.32. The van der Waals surface area contributed by atoms with Gasteiger partial charge >= 0.3 is 5.69 Å². The van der Waals surface area contributed by atoms with Gasteiger partial charge in [-0.2, -0.15) is 5.10 Å². The molecule has 0 radical (unpaired) electrons. The quantitative estimate of drug-likeness (QED) is 0.444. The van der Waals surface area contributed by atoms with E-state index in [1.54, 1.807) is 6.92 Å². The number of hydrazone groups is 1. The molecule has 1 aromatic rings. The van der Waals surface area contributed by atoms with Crippen LogP contribution in [0.2, 0.25) is 0 Å². The van der Waals surface area contributed by atoms with Crippen molar-refractivity contribution in [1.29, 1.82) is 0 Å². The van der Waals surface area contributed by atoms with Crippen LogP contribution in [-0.2, 0) is 14.3 Å². The van der Waals surface area contributed by atoms with Crippen molar-refractivity contribution < 1.29 is 28.7 Å². The van der Waals surface area contributed by atoms with Gasteiger partial charge < -0.3 is 18.9 Å². The van der Waals surface area contributed by atoms with Gasteiger partial charge in [0.05, 0.1) is 45.0 Å². The molecular formula is C15H19N3O7. The molecule has 1 aromatic carbocycles. The Kier molecular flexibility index (Phi) is 5.88. The molecule has 10 heteroatoms. The fourth-order valence-electron chi connectivity index (χ4n) is 2.31. The molecule has 1 aliphatic rings. The number of hydrogen-bond donors (Lipinski definition) is 1. The summed E-state index contributed by atoms with van der Waals surface area (Å²) in [4.78, 5) is 22.4. The Morgan fingerprint density at radius 2 is 2.00 bits per heavy atom. The van der Waals surface area contributed by atoms with E-state index in [2.05, 4.69) is 10.5 Å². The predicted octanol–water partition coefficient (Wildman–Crippen LogP) is 1.22. The van der Waals surface area contributed by atoms with Crippen molar-refractivity contribution in [2.24, 2.45) is 5.10 Å². The van der Waals surface area contributed by atoms with Gasteiger partial charge in [0.1, 0.15) is 5.75 Å². The largest absolute Gasteiger partial charge is 0.496 e. The number of nitro benzene ring substituents is 1. The maximum atomic E-state index is 11.9. The number of nitrogens with zero attached hydrogens (tertiary/aromatic N) is 2. The summed E-state index contributed by atoms with van der Waals surface area (Å²) in [5.41, 5.74) is 2.40. The second-order valence-corrected chi connectivity index (χ2v) is 5.32. The smallest absolute Gasteiger partial charge is 0.311 e. The number of rotatable bonds is 7. The first-order chi connectivity index (χ1) is 11.9. The Labute approximate surface area is 143 Å². The van der Waals surface area contributed by atoms with Crippen molar-refractivity contribution in [3.05, 3.63) is 27.8 Å². The first-order valence-electron chi connectivity index (χ1n) is 7.39. The number of hydrogen-bond acceptors (Lipinski definition) is 8. The van der Waals surface area contributed by atoms with Crippen molar-refractivity contribution in [3.63, 3.8) is 0 Å². The van der Waals surface area contributed by atoms with Gasteiger partial charge in [-0.15, -0.1) is 0 Å². The molecule has 0 unspecified atom stereocenters. The van der Waals surface area contributed by atoms with Gasteiger partial charge in [0.25, 0.3) is 0 Å². The Morgan fingerprint density at radius 1 is 1.36 bits per heavy atom. The molecule has 2 rings (SSSR count). The first kappa shape index (κ1) is 18.6. The molecule has 0 atom stereocenters. The van der Waals surface area contributed by atoms with Crippen LogP contribution in [0.25, 0.3) is 0 Å². The van der Waals surface area contributed by atoms with Crippen molar-refractivity contribution in [3.8, 4) is 11.5 Å². The van der Waals surface area contributed by atoms with Crippen LogP contribution in [0.5, 0.6) is 11.5 Å². The molecule has 25 heavy (non-hydrogen) atoms. The van der Waals surface area contributed by atoms with E-state index in [1.165, 1.54) is 32.6 Å². The zero-order chi connectivity index (χ0) is 18.4. The molecule has 0 aliphatic carbocycles. The minimum Gasteiger partial charge on any atom is -0.496 e. The highest BCUT2D eigenvalue weighted by molar-refractivity contribution is 5.87. The molecule has 0 spiro atoms.